The van der Waals surface area contributed by atoms with Gasteiger partial charge in [0.15, 0.2) is 10.9 Å². The smallest absolute Gasteiger partial charge is 0.416 e. The van der Waals surface area contributed by atoms with Crippen molar-refractivity contribution in [3.8, 4) is 28.6 Å². The summed E-state index contributed by atoms with van der Waals surface area (Å²) in [5.41, 5.74) is 1.16. The van der Waals surface area contributed by atoms with Crippen LogP contribution in [0, 0.1) is 0 Å². The first-order valence-electron chi connectivity index (χ1n) is 11.3. The van der Waals surface area contributed by atoms with Gasteiger partial charge in [-0.2, -0.15) is 13.2 Å². The van der Waals surface area contributed by atoms with E-state index in [-0.39, 0.29) is 24.1 Å². The van der Waals surface area contributed by atoms with Crippen molar-refractivity contribution in [2.45, 2.75) is 19.7 Å². The molecule has 5 rings (SSSR count). The number of amides is 1. The molecular formula is C27H19F3N4O3S. The number of ether oxygens (including phenoxy) is 2. The number of nitrogens with zero attached hydrogens (tertiary/aromatic N) is 3. The third kappa shape index (κ3) is 5.73. The molecule has 0 bridgehead atoms. The molecule has 7 nitrogen and oxygen atoms in total. The topological polar surface area (TPSA) is 86.2 Å². The fourth-order valence-corrected chi connectivity index (χ4v) is 4.56. The Bertz CT molecular complexity index is 1610. The number of carbonyl (C=O) groups excluding carboxylic acids is 1. The molecule has 0 saturated heterocycles. The highest BCUT2D eigenvalue weighted by atomic mass is 32.1. The molecule has 1 N–H and O–H groups in total. The molecule has 11 heteroatoms. The lowest BCUT2D eigenvalue weighted by Crippen LogP contribution is -2.06. The zero-order chi connectivity index (χ0) is 26.7. The Morgan fingerprint density at radius 2 is 1.79 bits per heavy atom. The van der Waals surface area contributed by atoms with E-state index in [0.29, 0.717) is 27.7 Å². The van der Waals surface area contributed by atoms with Crippen molar-refractivity contribution in [1.82, 2.24) is 15.0 Å². The van der Waals surface area contributed by atoms with E-state index in [0.717, 1.165) is 22.4 Å². The van der Waals surface area contributed by atoms with Crippen LogP contribution in [0.25, 0.3) is 21.5 Å². The summed E-state index contributed by atoms with van der Waals surface area (Å²) < 4.78 is 52.9. The Kier molecular flexibility index (Phi) is 6.93. The highest BCUT2D eigenvalue weighted by Gasteiger charge is 2.31. The van der Waals surface area contributed by atoms with Crippen LogP contribution in [-0.4, -0.2) is 20.9 Å². The second-order valence-electron chi connectivity index (χ2n) is 8.13. The van der Waals surface area contributed by atoms with Crippen molar-refractivity contribution < 1.29 is 27.4 Å². The fraction of sp³-hybridized carbons (Fsp3) is 0.111. The van der Waals surface area contributed by atoms with Crippen LogP contribution >= 0.6 is 11.3 Å². The van der Waals surface area contributed by atoms with Gasteiger partial charge in [-0.25, -0.2) is 15.0 Å². The molecule has 2 heterocycles. The third-order valence-electron chi connectivity index (χ3n) is 5.34. The Morgan fingerprint density at radius 3 is 2.55 bits per heavy atom. The highest BCUT2D eigenvalue weighted by Crippen LogP contribution is 2.39. The maximum Gasteiger partial charge on any atom is 0.416 e. The van der Waals surface area contributed by atoms with E-state index >= 15 is 0 Å². The van der Waals surface area contributed by atoms with Gasteiger partial charge in [0, 0.05) is 18.6 Å². The Hall–Kier alpha value is -4.51. The number of nitrogens with one attached hydrogen (secondary N) is 1. The summed E-state index contributed by atoms with van der Waals surface area (Å²) >= 11 is 1.29. The number of para-hydroxylation sites is 1. The summed E-state index contributed by atoms with van der Waals surface area (Å²) in [6.07, 6.45) is -3.28. The van der Waals surface area contributed by atoms with Crippen molar-refractivity contribution in [2.75, 3.05) is 5.32 Å². The zero-order valence-corrected chi connectivity index (χ0v) is 20.6. The normalized spacial score (nSPS) is 11.4. The van der Waals surface area contributed by atoms with Crippen LogP contribution in [0.3, 0.4) is 0 Å². The maximum absolute atomic E-state index is 13.4. The quantitative estimate of drug-likeness (QED) is 0.239. The predicted molar refractivity (Wildman–Crippen MR) is 137 cm³/mol. The lowest BCUT2D eigenvalue weighted by molar-refractivity contribution is -0.137. The monoisotopic (exact) mass is 536 g/mol. The molecule has 0 aliphatic heterocycles. The van der Waals surface area contributed by atoms with Crippen LogP contribution in [0.4, 0.5) is 18.3 Å². The van der Waals surface area contributed by atoms with Crippen molar-refractivity contribution in [2.24, 2.45) is 0 Å². The van der Waals surface area contributed by atoms with Gasteiger partial charge < -0.3 is 14.8 Å². The molecule has 0 radical (unpaired) electrons. The number of anilines is 1. The molecule has 0 saturated carbocycles. The van der Waals surface area contributed by atoms with Gasteiger partial charge in [0.2, 0.25) is 11.8 Å². The molecular weight excluding hydrogens is 517 g/mol. The Morgan fingerprint density at radius 1 is 0.974 bits per heavy atom. The summed E-state index contributed by atoms with van der Waals surface area (Å²) in [4.78, 5) is 24.2. The van der Waals surface area contributed by atoms with E-state index in [1.807, 2.05) is 36.4 Å². The average Bonchev–Trinajstić information content (AvgIpc) is 3.30. The van der Waals surface area contributed by atoms with Crippen LogP contribution in [0.5, 0.6) is 17.4 Å². The molecule has 0 atom stereocenters. The first kappa shape index (κ1) is 25.2. The van der Waals surface area contributed by atoms with Gasteiger partial charge in [-0.1, -0.05) is 47.7 Å². The minimum absolute atomic E-state index is 0.0230. The Balaban J connectivity index is 1.47. The maximum atomic E-state index is 13.4. The van der Waals surface area contributed by atoms with Crippen molar-refractivity contribution >= 4 is 32.6 Å². The number of hydrogen-bond donors (Lipinski definition) is 1. The van der Waals surface area contributed by atoms with E-state index in [2.05, 4.69) is 20.3 Å². The van der Waals surface area contributed by atoms with E-state index < -0.39 is 11.7 Å². The van der Waals surface area contributed by atoms with E-state index in [1.165, 1.54) is 36.7 Å². The minimum atomic E-state index is -4.54. The van der Waals surface area contributed by atoms with Crippen molar-refractivity contribution in [1.29, 1.82) is 0 Å². The first-order valence-corrected chi connectivity index (χ1v) is 12.1. The van der Waals surface area contributed by atoms with Gasteiger partial charge >= 0.3 is 6.18 Å². The second-order valence-corrected chi connectivity index (χ2v) is 9.16. The molecule has 3 aromatic carbocycles. The number of hydrogen-bond acceptors (Lipinski definition) is 7. The molecule has 0 aliphatic rings. The summed E-state index contributed by atoms with van der Waals surface area (Å²) in [5, 5.41) is 3.08. The van der Waals surface area contributed by atoms with Crippen LogP contribution < -0.4 is 14.8 Å². The average molecular weight is 537 g/mol. The van der Waals surface area contributed by atoms with Gasteiger partial charge in [-0.05, 0) is 35.9 Å². The summed E-state index contributed by atoms with van der Waals surface area (Å²) in [6, 6.07) is 19.2. The third-order valence-corrected chi connectivity index (χ3v) is 6.28. The molecule has 2 aromatic heterocycles. The number of carbonyl (C=O) groups is 1. The number of aromatic nitrogens is 3. The molecule has 0 fully saturated rings. The summed E-state index contributed by atoms with van der Waals surface area (Å²) in [7, 11) is 0. The van der Waals surface area contributed by atoms with Crippen LogP contribution in [0.2, 0.25) is 0 Å². The standard InChI is InChI=1S/C27H19F3N4O3S/c1-16(35)33-26-34-25-21(8-5-9-23(25)38-26)37-24-13-20(31-15-32-24)19-11-10-18(27(28,29)30)12-22(19)36-14-17-6-3-2-4-7-17/h2-13,15H,14H2,1H3,(H,33,34,35). The zero-order valence-electron chi connectivity index (χ0n) is 19.8. The van der Waals surface area contributed by atoms with Gasteiger partial charge in [0.1, 0.15) is 24.2 Å². The molecule has 0 aliphatic carbocycles. The van der Waals surface area contributed by atoms with E-state index in [4.69, 9.17) is 9.47 Å². The Labute approximate surface area is 218 Å². The van der Waals surface area contributed by atoms with Crippen LogP contribution in [-0.2, 0) is 17.6 Å². The first-order chi connectivity index (χ1) is 18.3. The van der Waals surface area contributed by atoms with E-state index in [1.54, 1.807) is 12.1 Å². The van der Waals surface area contributed by atoms with Crippen molar-refractivity contribution in [3.63, 3.8) is 0 Å². The molecule has 0 spiro atoms. The number of rotatable bonds is 7. The number of fused-ring (bicyclic) bond motifs is 1. The minimum Gasteiger partial charge on any atom is -0.488 e. The predicted octanol–water partition coefficient (Wildman–Crippen LogP) is 7.10. The molecule has 0 unspecified atom stereocenters. The molecule has 38 heavy (non-hydrogen) atoms. The molecule has 5 aromatic rings. The van der Waals surface area contributed by atoms with E-state index in [9.17, 15) is 18.0 Å². The van der Waals surface area contributed by atoms with Crippen LogP contribution in [0.1, 0.15) is 18.1 Å². The second kappa shape index (κ2) is 10.5. The highest BCUT2D eigenvalue weighted by molar-refractivity contribution is 7.22. The number of alkyl halides is 3. The summed E-state index contributed by atoms with van der Waals surface area (Å²) in [5.74, 6) is 0.335. The molecule has 192 valence electrons. The lowest BCUT2D eigenvalue weighted by atomic mass is 10.1. The fourth-order valence-electron chi connectivity index (χ4n) is 3.63. The molecule has 1 amide bonds. The number of thiazole rings is 1. The van der Waals surface area contributed by atoms with Gasteiger partial charge in [-0.3, -0.25) is 4.79 Å². The van der Waals surface area contributed by atoms with Gasteiger partial charge in [0.25, 0.3) is 0 Å². The van der Waals surface area contributed by atoms with Crippen LogP contribution in [0.15, 0.2) is 79.1 Å². The number of benzene rings is 3. The van der Waals surface area contributed by atoms with Gasteiger partial charge in [0.05, 0.1) is 16.0 Å². The largest absolute Gasteiger partial charge is 0.488 e. The summed E-state index contributed by atoms with van der Waals surface area (Å²) in [6.45, 7) is 1.47. The van der Waals surface area contributed by atoms with Gasteiger partial charge in [-0.15, -0.1) is 0 Å². The van der Waals surface area contributed by atoms with Crippen molar-refractivity contribution in [3.05, 3.63) is 90.3 Å². The lowest BCUT2D eigenvalue weighted by Gasteiger charge is -2.15. The number of halogens is 3. The SMILES string of the molecule is CC(=O)Nc1nc2c(Oc3cc(-c4ccc(C(F)(F)F)cc4OCc4ccccc4)ncn3)cccc2s1.